The minimum absolute atomic E-state index is 0.0203. The Balaban J connectivity index is 1.98. The summed E-state index contributed by atoms with van der Waals surface area (Å²) in [5, 5.41) is 0. The molecule has 5 nitrogen and oxygen atoms in total. The average molecular weight is 486 g/mol. The van der Waals surface area contributed by atoms with Crippen molar-refractivity contribution >= 4 is 15.7 Å². The Morgan fingerprint density at radius 1 is 1.00 bits per heavy atom. The average Bonchev–Trinajstić information content (AvgIpc) is 3.04. The normalized spacial score (nSPS) is 18.1. The second-order valence-electron chi connectivity index (χ2n) is 7.24. The fourth-order valence-electron chi connectivity index (χ4n) is 3.26. The molecular formula is C19H17F7N2O3S. The number of sulfonamides is 1. The van der Waals surface area contributed by atoms with Crippen LogP contribution in [0.1, 0.15) is 17.5 Å². The highest BCUT2D eigenvalue weighted by molar-refractivity contribution is 7.92. The van der Waals surface area contributed by atoms with Gasteiger partial charge in [0.15, 0.2) is 0 Å². The number of likely N-dealkylation sites (N-methyl/N-ethyl adjacent to an activating group) is 1. The lowest BCUT2D eigenvalue weighted by molar-refractivity contribution is -0.140. The number of halogens is 7. The zero-order chi connectivity index (χ0) is 23.9. The molecule has 0 unspecified atom stereocenters. The van der Waals surface area contributed by atoms with Crippen molar-refractivity contribution < 1.29 is 43.9 Å². The number of anilines is 1. The lowest BCUT2D eigenvalue weighted by Crippen LogP contribution is -2.23. The number of rotatable bonds is 5. The van der Waals surface area contributed by atoms with Crippen molar-refractivity contribution in [2.24, 2.45) is 0 Å². The summed E-state index contributed by atoms with van der Waals surface area (Å²) in [6.07, 6.45) is -10.1. The first-order valence-electron chi connectivity index (χ1n) is 9.13. The van der Waals surface area contributed by atoms with Crippen molar-refractivity contribution in [2.45, 2.75) is 29.8 Å². The molecule has 1 fully saturated rings. The van der Waals surface area contributed by atoms with E-state index < -0.39 is 61.8 Å². The van der Waals surface area contributed by atoms with Crippen LogP contribution in [0, 0.1) is 5.82 Å². The molecule has 3 rings (SSSR count). The minimum atomic E-state index is -5.19. The second-order valence-corrected chi connectivity index (χ2v) is 8.89. The maximum absolute atomic E-state index is 13.4. The number of ether oxygens (including phenoxy) is 1. The Hall–Kier alpha value is -2.54. The molecule has 176 valence electrons. The number of nitrogens with zero attached hydrogens (tertiary/aromatic N) is 1. The van der Waals surface area contributed by atoms with Gasteiger partial charge in [-0.3, -0.25) is 4.72 Å². The fraction of sp³-hybridized carbons (Fsp3) is 0.368. The first-order valence-corrected chi connectivity index (χ1v) is 10.6. The van der Waals surface area contributed by atoms with E-state index in [1.54, 1.807) is 7.05 Å². The lowest BCUT2D eigenvalue weighted by Gasteiger charge is -2.20. The van der Waals surface area contributed by atoms with E-state index in [-0.39, 0.29) is 6.07 Å². The summed E-state index contributed by atoms with van der Waals surface area (Å²) >= 11 is 0. The van der Waals surface area contributed by atoms with Crippen LogP contribution in [0.2, 0.25) is 0 Å². The molecule has 0 bridgehead atoms. The molecule has 1 N–H and O–H groups in total. The number of benzene rings is 2. The molecule has 0 aromatic heterocycles. The van der Waals surface area contributed by atoms with Gasteiger partial charge >= 0.3 is 12.4 Å². The number of hydrogen-bond donors (Lipinski definition) is 1. The van der Waals surface area contributed by atoms with Gasteiger partial charge in [-0.05, 0) is 43.8 Å². The second kappa shape index (κ2) is 8.43. The Labute approximate surface area is 178 Å². The molecule has 0 spiro atoms. The van der Waals surface area contributed by atoms with Crippen LogP contribution in [0.4, 0.5) is 36.4 Å². The molecule has 0 saturated carbocycles. The minimum Gasteiger partial charge on any atom is -0.488 e. The van der Waals surface area contributed by atoms with Crippen LogP contribution in [0.3, 0.4) is 0 Å². The summed E-state index contributed by atoms with van der Waals surface area (Å²) in [6, 6.07) is 3.06. The van der Waals surface area contributed by atoms with E-state index in [1.807, 2.05) is 9.62 Å². The van der Waals surface area contributed by atoms with Crippen LogP contribution in [0.25, 0.3) is 0 Å². The van der Waals surface area contributed by atoms with Crippen molar-refractivity contribution in [1.82, 2.24) is 4.90 Å². The SMILES string of the molecule is CN1CC[C@@H](Oc2cc(NS(=O)(=O)c3ccc(F)cc3C(F)(F)F)ccc2C(F)(F)F)C1. The summed E-state index contributed by atoms with van der Waals surface area (Å²) < 4.78 is 125. The van der Waals surface area contributed by atoms with Gasteiger partial charge < -0.3 is 9.64 Å². The Bertz CT molecular complexity index is 1100. The quantitative estimate of drug-likeness (QED) is 0.620. The summed E-state index contributed by atoms with van der Waals surface area (Å²) in [7, 11) is -3.18. The van der Waals surface area contributed by atoms with Gasteiger partial charge in [0.2, 0.25) is 0 Å². The van der Waals surface area contributed by atoms with Crippen molar-refractivity contribution in [2.75, 3.05) is 24.9 Å². The van der Waals surface area contributed by atoms with E-state index in [2.05, 4.69) is 0 Å². The number of alkyl halides is 6. The smallest absolute Gasteiger partial charge is 0.419 e. The zero-order valence-electron chi connectivity index (χ0n) is 16.4. The first-order chi connectivity index (χ1) is 14.7. The van der Waals surface area contributed by atoms with Gasteiger partial charge in [0, 0.05) is 19.2 Å². The van der Waals surface area contributed by atoms with Crippen LogP contribution in [-0.4, -0.2) is 39.6 Å². The topological polar surface area (TPSA) is 58.6 Å². The highest BCUT2D eigenvalue weighted by atomic mass is 32.2. The molecule has 32 heavy (non-hydrogen) atoms. The maximum Gasteiger partial charge on any atom is 0.419 e. The number of hydrogen-bond acceptors (Lipinski definition) is 4. The van der Waals surface area contributed by atoms with Crippen molar-refractivity contribution in [3.63, 3.8) is 0 Å². The molecule has 1 aliphatic rings. The zero-order valence-corrected chi connectivity index (χ0v) is 17.2. The molecule has 1 heterocycles. The maximum atomic E-state index is 13.4. The molecular weight excluding hydrogens is 469 g/mol. The molecule has 1 saturated heterocycles. The van der Waals surface area contributed by atoms with Crippen LogP contribution < -0.4 is 9.46 Å². The third-order valence-corrected chi connectivity index (χ3v) is 6.16. The van der Waals surface area contributed by atoms with Gasteiger partial charge in [0.1, 0.15) is 17.7 Å². The lowest BCUT2D eigenvalue weighted by atomic mass is 10.1. The monoisotopic (exact) mass is 486 g/mol. The highest BCUT2D eigenvalue weighted by Gasteiger charge is 2.39. The standard InChI is InChI=1S/C19H17F7N2O3S/c1-28-7-6-13(10-28)31-16-9-12(3-4-14(16)18(21,22)23)27-32(29,30)17-5-2-11(20)8-15(17)19(24,25)26/h2-5,8-9,13,27H,6-7,10H2,1H3/t13-/m1/s1. The van der Waals surface area contributed by atoms with E-state index in [0.29, 0.717) is 37.7 Å². The summed E-state index contributed by atoms with van der Waals surface area (Å²) in [5.41, 5.74) is -3.35. The molecule has 0 amide bonds. The van der Waals surface area contributed by atoms with Gasteiger partial charge in [0.05, 0.1) is 21.7 Å². The summed E-state index contributed by atoms with van der Waals surface area (Å²) in [6.45, 7) is 0.931. The van der Waals surface area contributed by atoms with Gasteiger partial charge in [-0.2, -0.15) is 26.3 Å². The van der Waals surface area contributed by atoms with Crippen LogP contribution in [-0.2, 0) is 22.4 Å². The van der Waals surface area contributed by atoms with E-state index >= 15 is 0 Å². The molecule has 13 heteroatoms. The molecule has 0 radical (unpaired) electrons. The molecule has 2 aromatic carbocycles. The highest BCUT2D eigenvalue weighted by Crippen LogP contribution is 2.40. The van der Waals surface area contributed by atoms with Crippen LogP contribution in [0.15, 0.2) is 41.3 Å². The Kier molecular flexibility index (Phi) is 6.35. The Morgan fingerprint density at radius 2 is 1.66 bits per heavy atom. The van der Waals surface area contributed by atoms with Crippen LogP contribution in [0.5, 0.6) is 5.75 Å². The molecule has 0 aliphatic carbocycles. The van der Waals surface area contributed by atoms with Gasteiger partial charge in [-0.25, -0.2) is 12.8 Å². The molecule has 1 atom stereocenters. The van der Waals surface area contributed by atoms with Gasteiger partial charge in [-0.1, -0.05) is 0 Å². The summed E-state index contributed by atoms with van der Waals surface area (Å²) in [5.74, 6) is -1.96. The largest absolute Gasteiger partial charge is 0.488 e. The van der Waals surface area contributed by atoms with E-state index in [0.717, 1.165) is 12.1 Å². The van der Waals surface area contributed by atoms with E-state index in [1.165, 1.54) is 0 Å². The summed E-state index contributed by atoms with van der Waals surface area (Å²) in [4.78, 5) is 0.559. The van der Waals surface area contributed by atoms with Gasteiger partial charge in [-0.15, -0.1) is 0 Å². The van der Waals surface area contributed by atoms with E-state index in [9.17, 15) is 39.2 Å². The fourth-order valence-corrected chi connectivity index (χ4v) is 4.51. The van der Waals surface area contributed by atoms with E-state index in [4.69, 9.17) is 4.74 Å². The predicted molar refractivity (Wildman–Crippen MR) is 100 cm³/mol. The first kappa shape index (κ1) is 24.1. The van der Waals surface area contributed by atoms with Crippen molar-refractivity contribution in [1.29, 1.82) is 0 Å². The number of nitrogens with one attached hydrogen (secondary N) is 1. The van der Waals surface area contributed by atoms with Crippen LogP contribution >= 0.6 is 0 Å². The Morgan fingerprint density at radius 3 is 2.22 bits per heavy atom. The van der Waals surface area contributed by atoms with Crippen molar-refractivity contribution in [3.05, 3.63) is 53.3 Å². The van der Waals surface area contributed by atoms with Crippen molar-refractivity contribution in [3.8, 4) is 5.75 Å². The molecule has 2 aromatic rings. The molecule has 1 aliphatic heterocycles. The third-order valence-electron chi connectivity index (χ3n) is 4.72. The number of likely N-dealkylation sites (tertiary alicyclic amines) is 1. The third kappa shape index (κ3) is 5.44. The predicted octanol–water partition coefficient (Wildman–Crippen LogP) is 4.75. The van der Waals surface area contributed by atoms with Gasteiger partial charge in [0.25, 0.3) is 10.0 Å².